The Balaban J connectivity index is 1.24. The van der Waals surface area contributed by atoms with E-state index in [0.29, 0.717) is 38.5 Å². The van der Waals surface area contributed by atoms with E-state index < -0.39 is 40.9 Å². The van der Waals surface area contributed by atoms with E-state index >= 15 is 4.39 Å². The highest BCUT2D eigenvalue weighted by Crippen LogP contribution is 2.48. The number of ether oxygens (including phenoxy) is 1. The molecule has 260 valence electrons. The van der Waals surface area contributed by atoms with Gasteiger partial charge < -0.3 is 25.6 Å². The maximum Gasteiger partial charge on any atom is 0.418 e. The van der Waals surface area contributed by atoms with E-state index in [1.165, 1.54) is 13.0 Å². The second-order valence-corrected chi connectivity index (χ2v) is 14.2. The number of piperidine rings is 1. The number of nitrogens with zero attached hydrogens (tertiary/aromatic N) is 5. The summed E-state index contributed by atoms with van der Waals surface area (Å²) in [7, 11) is 0. The molecule has 8 nitrogen and oxygen atoms in total. The average molecular weight is 702 g/mol. The van der Waals surface area contributed by atoms with Gasteiger partial charge in [0.25, 0.3) is 0 Å². The fourth-order valence-electron chi connectivity index (χ4n) is 7.52. The number of aryl methyl sites for hydroxylation is 1. The van der Waals surface area contributed by atoms with Crippen molar-refractivity contribution in [2.24, 2.45) is 11.3 Å². The molecule has 5 heterocycles. The van der Waals surface area contributed by atoms with Crippen molar-refractivity contribution < 1.29 is 35.5 Å². The Kier molecular flexibility index (Phi) is 8.34. The third-order valence-corrected chi connectivity index (χ3v) is 10.5. The van der Waals surface area contributed by atoms with Crippen molar-refractivity contribution >= 4 is 34.1 Å². The summed E-state index contributed by atoms with van der Waals surface area (Å²) in [5.41, 5.74) is 2.53. The maximum absolute atomic E-state index is 16.7. The zero-order valence-electron chi connectivity index (χ0n) is 26.1. The lowest BCUT2D eigenvalue weighted by atomic mass is 9.95. The Morgan fingerprint density at radius 3 is 2.27 bits per heavy atom. The number of benzene rings is 1. The molecule has 1 aromatic carbocycles. The lowest BCUT2D eigenvalue weighted by Crippen LogP contribution is -2.51. The van der Waals surface area contributed by atoms with Gasteiger partial charge in [-0.15, -0.1) is 0 Å². The molecule has 4 aliphatic rings. The van der Waals surface area contributed by atoms with Gasteiger partial charge in [-0.25, -0.2) is 9.37 Å². The van der Waals surface area contributed by atoms with Gasteiger partial charge in [0.15, 0.2) is 5.82 Å². The fourth-order valence-corrected chi connectivity index (χ4v) is 7.81. The van der Waals surface area contributed by atoms with Crippen molar-refractivity contribution in [3.05, 3.63) is 34.1 Å². The van der Waals surface area contributed by atoms with E-state index in [0.717, 1.165) is 31.7 Å². The average Bonchev–Trinajstić information content (AvgIpc) is 3.68. The molecule has 0 radical (unpaired) electrons. The number of pyridine rings is 1. The van der Waals surface area contributed by atoms with Gasteiger partial charge in [0.1, 0.15) is 17.2 Å². The molecular weight excluding hydrogens is 667 g/mol. The minimum Gasteiger partial charge on any atom is -0.463 e. The van der Waals surface area contributed by atoms with Crippen molar-refractivity contribution in [3.8, 4) is 17.3 Å². The molecule has 48 heavy (non-hydrogen) atoms. The smallest absolute Gasteiger partial charge is 0.418 e. The number of piperazine rings is 1. The molecular formula is C32H35ClF7N7O. The number of nitrogens with two attached hydrogens (primary N) is 1. The predicted molar refractivity (Wildman–Crippen MR) is 166 cm³/mol. The van der Waals surface area contributed by atoms with Crippen LogP contribution < -0.4 is 20.7 Å². The predicted octanol–water partition coefficient (Wildman–Crippen LogP) is 6.77. The Bertz CT molecular complexity index is 1710. The Labute approximate surface area is 277 Å². The Morgan fingerprint density at radius 1 is 1.00 bits per heavy atom. The lowest BCUT2D eigenvalue weighted by Gasteiger charge is -2.35. The summed E-state index contributed by atoms with van der Waals surface area (Å²) in [4.78, 5) is 17.0. The third-order valence-electron chi connectivity index (χ3n) is 10.2. The van der Waals surface area contributed by atoms with Gasteiger partial charge in [-0.1, -0.05) is 11.6 Å². The van der Waals surface area contributed by atoms with Crippen LogP contribution in [0.1, 0.15) is 49.7 Å². The molecule has 2 bridgehead atoms. The molecule has 7 rings (SSSR count). The maximum atomic E-state index is 16.7. The first kappa shape index (κ1) is 33.3. The normalized spacial score (nSPS) is 23.2. The van der Waals surface area contributed by atoms with Crippen LogP contribution in [0.2, 0.25) is 5.02 Å². The number of fused-ring (bicyclic) bond motifs is 3. The zero-order chi connectivity index (χ0) is 34.2. The van der Waals surface area contributed by atoms with E-state index in [1.807, 2.05) is 9.80 Å². The van der Waals surface area contributed by atoms with Crippen LogP contribution >= 0.6 is 11.6 Å². The summed E-state index contributed by atoms with van der Waals surface area (Å²) in [6.07, 6.45) is -5.48. The van der Waals surface area contributed by atoms with Gasteiger partial charge >= 0.3 is 18.4 Å². The van der Waals surface area contributed by atoms with Gasteiger partial charge in [-0.2, -0.15) is 36.3 Å². The number of nitrogen functional groups attached to an aromatic ring is 1. The number of aromatic nitrogens is 3. The topological polar surface area (TPSA) is 92.4 Å². The van der Waals surface area contributed by atoms with Crippen molar-refractivity contribution in [2.75, 3.05) is 50.0 Å². The van der Waals surface area contributed by atoms with Gasteiger partial charge in [0.05, 0.1) is 34.4 Å². The monoisotopic (exact) mass is 701 g/mol. The first-order valence-corrected chi connectivity index (χ1v) is 16.5. The number of halogens is 8. The molecule has 3 aliphatic heterocycles. The second kappa shape index (κ2) is 12.0. The zero-order valence-corrected chi connectivity index (χ0v) is 26.9. The highest BCUT2D eigenvalue weighted by Gasteiger charge is 2.47. The molecule has 1 aliphatic carbocycles. The third kappa shape index (κ3) is 6.45. The van der Waals surface area contributed by atoms with Gasteiger partial charge in [0, 0.05) is 42.5 Å². The summed E-state index contributed by atoms with van der Waals surface area (Å²) in [5.74, 6) is -2.28. The highest BCUT2D eigenvalue weighted by molar-refractivity contribution is 6.34. The number of rotatable bonds is 7. The van der Waals surface area contributed by atoms with Crippen LogP contribution in [0.4, 0.5) is 42.4 Å². The molecule has 0 amide bonds. The molecule has 3 N–H and O–H groups in total. The Morgan fingerprint density at radius 2 is 1.67 bits per heavy atom. The molecule has 2 unspecified atom stereocenters. The number of hydrogen-bond donors (Lipinski definition) is 2. The van der Waals surface area contributed by atoms with Gasteiger partial charge in [-0.3, -0.25) is 0 Å². The van der Waals surface area contributed by atoms with Crippen LogP contribution in [0.15, 0.2) is 12.1 Å². The summed E-state index contributed by atoms with van der Waals surface area (Å²) in [6, 6.07) is 2.65. The lowest BCUT2D eigenvalue weighted by molar-refractivity contribution is -0.185. The summed E-state index contributed by atoms with van der Waals surface area (Å²) in [5, 5.41) is 3.45. The van der Waals surface area contributed by atoms with E-state index in [1.54, 1.807) is 0 Å². The van der Waals surface area contributed by atoms with Crippen molar-refractivity contribution in [1.29, 1.82) is 0 Å². The second-order valence-electron chi connectivity index (χ2n) is 13.8. The van der Waals surface area contributed by atoms with Crippen LogP contribution in [0, 0.1) is 24.1 Å². The van der Waals surface area contributed by atoms with Crippen LogP contribution in [0.5, 0.6) is 6.01 Å². The summed E-state index contributed by atoms with van der Waals surface area (Å²) < 4.78 is 105. The molecule has 16 heteroatoms. The number of hydrogen-bond acceptors (Lipinski definition) is 8. The van der Waals surface area contributed by atoms with E-state index in [2.05, 4.69) is 15.3 Å². The van der Waals surface area contributed by atoms with Crippen LogP contribution in [0.25, 0.3) is 22.2 Å². The first-order chi connectivity index (χ1) is 22.6. The number of nitrogens with one attached hydrogen (secondary N) is 1. The highest BCUT2D eigenvalue weighted by atomic mass is 35.5. The Hall–Kier alpha value is -3.17. The van der Waals surface area contributed by atoms with Gasteiger partial charge in [-0.05, 0) is 76.2 Å². The molecule has 1 saturated carbocycles. The number of alkyl halides is 6. The standard InChI is InChI=1S/C32H35ClF7N7O/c1-16-10-22(41)43-27(24(16)32(38,39)40)23-21(33)11-20-26(25(23)34)44-29(45-28(20)47-12-18-2-3-19(13-47)42-18)48-15-30(6-7-30)14-46-8-4-17(5-9-46)31(35,36)37/h10-11,17-19,42H,2-9,12-15H2,1H3,(H2,41,43). The quantitative estimate of drug-likeness (QED) is 0.261. The van der Waals surface area contributed by atoms with Crippen molar-refractivity contribution in [1.82, 2.24) is 25.2 Å². The number of anilines is 2. The minimum absolute atomic E-state index is 0.0476. The van der Waals surface area contributed by atoms with E-state index in [4.69, 9.17) is 27.1 Å². The molecule has 3 aromatic rings. The van der Waals surface area contributed by atoms with Crippen LogP contribution in [-0.2, 0) is 6.18 Å². The van der Waals surface area contributed by atoms with E-state index in [-0.39, 0.29) is 70.3 Å². The van der Waals surface area contributed by atoms with Gasteiger partial charge in [0.2, 0.25) is 0 Å². The van der Waals surface area contributed by atoms with Crippen molar-refractivity contribution in [2.45, 2.75) is 69.9 Å². The molecule has 3 saturated heterocycles. The molecule has 0 spiro atoms. The molecule has 4 fully saturated rings. The number of likely N-dealkylation sites (tertiary alicyclic amines) is 1. The fraction of sp³-hybridized carbons (Fsp3) is 0.594. The largest absolute Gasteiger partial charge is 0.463 e. The summed E-state index contributed by atoms with van der Waals surface area (Å²) in [6.45, 7) is 3.72. The molecule has 2 atom stereocenters. The van der Waals surface area contributed by atoms with E-state index in [9.17, 15) is 26.3 Å². The first-order valence-electron chi connectivity index (χ1n) is 16.1. The van der Waals surface area contributed by atoms with Crippen LogP contribution in [-0.4, -0.2) is 77.4 Å². The SMILES string of the molecule is Cc1cc(N)nc(-c2c(Cl)cc3c(N4CC5CCC(C4)N5)nc(OCC4(CN5CCC(C(F)(F)F)CC5)CC4)nc3c2F)c1C(F)(F)F. The molecule has 2 aromatic heterocycles. The minimum atomic E-state index is -4.88. The van der Waals surface area contributed by atoms with Crippen LogP contribution in [0.3, 0.4) is 0 Å². The van der Waals surface area contributed by atoms with Crippen molar-refractivity contribution in [3.63, 3.8) is 0 Å². The summed E-state index contributed by atoms with van der Waals surface area (Å²) >= 11 is 6.57.